The van der Waals surface area contributed by atoms with Crippen LogP contribution in [0.5, 0.6) is 5.75 Å². The van der Waals surface area contributed by atoms with Crippen LogP contribution >= 0.6 is 0 Å². The highest BCUT2D eigenvalue weighted by Gasteiger charge is 2.42. The quantitative estimate of drug-likeness (QED) is 0.691. The number of benzene rings is 1. The van der Waals surface area contributed by atoms with E-state index < -0.39 is 0 Å². The third-order valence-corrected chi connectivity index (χ3v) is 6.17. The lowest BCUT2D eigenvalue weighted by Crippen LogP contribution is -2.34. The Hall–Kier alpha value is -3.49. The summed E-state index contributed by atoms with van der Waals surface area (Å²) in [6.45, 7) is 7.20. The number of ether oxygens (including phenoxy) is 1. The SMILES string of the molecule is COc1ccc(C(=O)N2CC3CN(c4nc(C)cc(C)n4)CC3C2)c(-c2cn[nH]n2)c1. The molecule has 0 radical (unpaired) electrons. The highest BCUT2D eigenvalue weighted by atomic mass is 16.5. The number of hydrogen-bond acceptors (Lipinski definition) is 7. The molecule has 0 aliphatic carbocycles. The molecule has 3 aromatic rings. The average Bonchev–Trinajstić information content (AvgIpc) is 3.48. The number of nitrogens with zero attached hydrogens (tertiary/aromatic N) is 6. The minimum absolute atomic E-state index is 0.0178. The minimum Gasteiger partial charge on any atom is -0.497 e. The molecule has 5 rings (SSSR count). The topological polar surface area (TPSA) is 100 Å². The van der Waals surface area contributed by atoms with E-state index in [2.05, 4.69) is 30.3 Å². The number of aryl methyl sites for hydroxylation is 2. The Bertz CT molecular complexity index is 1080. The molecule has 1 aromatic carbocycles. The molecule has 2 atom stereocenters. The number of methoxy groups -OCH3 is 1. The fourth-order valence-electron chi connectivity index (χ4n) is 4.72. The van der Waals surface area contributed by atoms with Crippen molar-refractivity contribution in [2.75, 3.05) is 38.2 Å². The minimum atomic E-state index is 0.0178. The molecule has 2 fully saturated rings. The van der Waals surface area contributed by atoms with Crippen LogP contribution in [0.25, 0.3) is 11.3 Å². The Kier molecular flexibility index (Phi) is 4.80. The molecular formula is C22H25N7O2. The second-order valence-electron chi connectivity index (χ2n) is 8.35. The van der Waals surface area contributed by atoms with Gasteiger partial charge in [0.1, 0.15) is 11.4 Å². The van der Waals surface area contributed by atoms with E-state index in [9.17, 15) is 4.79 Å². The van der Waals surface area contributed by atoms with Crippen LogP contribution in [0.1, 0.15) is 21.7 Å². The molecule has 1 N–H and O–H groups in total. The number of hydrogen-bond donors (Lipinski definition) is 1. The Morgan fingerprint density at radius 2 is 1.77 bits per heavy atom. The van der Waals surface area contributed by atoms with E-state index >= 15 is 0 Å². The predicted molar refractivity (Wildman–Crippen MR) is 115 cm³/mol. The van der Waals surface area contributed by atoms with E-state index in [-0.39, 0.29) is 5.91 Å². The van der Waals surface area contributed by atoms with Gasteiger partial charge in [0.25, 0.3) is 5.91 Å². The van der Waals surface area contributed by atoms with Crippen molar-refractivity contribution in [3.63, 3.8) is 0 Å². The van der Waals surface area contributed by atoms with Crippen LogP contribution in [0.3, 0.4) is 0 Å². The van der Waals surface area contributed by atoms with Gasteiger partial charge in [-0.3, -0.25) is 4.79 Å². The number of amides is 1. The standard InChI is InChI=1S/C22H25N7O2/c1-13-6-14(2)25-22(24-13)29-11-15-9-28(10-16(15)12-29)21(30)18-5-4-17(31-3)7-19(18)20-8-23-27-26-20/h4-8,15-16H,9-12H2,1-3H3,(H,23,26,27). The van der Waals surface area contributed by atoms with E-state index in [0.717, 1.165) is 49.1 Å². The zero-order valence-corrected chi connectivity index (χ0v) is 17.9. The predicted octanol–water partition coefficient (Wildman–Crippen LogP) is 2.10. The molecule has 0 saturated carbocycles. The summed E-state index contributed by atoms with van der Waals surface area (Å²) in [6, 6.07) is 7.45. The molecule has 4 heterocycles. The van der Waals surface area contributed by atoms with E-state index in [0.29, 0.717) is 28.8 Å². The van der Waals surface area contributed by atoms with Gasteiger partial charge in [-0.25, -0.2) is 9.97 Å². The monoisotopic (exact) mass is 419 g/mol. The first-order valence-corrected chi connectivity index (χ1v) is 10.4. The molecule has 9 nitrogen and oxygen atoms in total. The van der Waals surface area contributed by atoms with Crippen molar-refractivity contribution in [1.29, 1.82) is 0 Å². The summed E-state index contributed by atoms with van der Waals surface area (Å²) in [5.41, 5.74) is 3.93. The summed E-state index contributed by atoms with van der Waals surface area (Å²) in [7, 11) is 1.61. The molecule has 9 heteroatoms. The number of anilines is 1. The van der Waals surface area contributed by atoms with Crippen molar-refractivity contribution in [2.24, 2.45) is 11.8 Å². The van der Waals surface area contributed by atoms with Crippen LogP contribution in [0.15, 0.2) is 30.5 Å². The van der Waals surface area contributed by atoms with Crippen molar-refractivity contribution in [3.05, 3.63) is 47.4 Å². The largest absolute Gasteiger partial charge is 0.497 e. The Morgan fingerprint density at radius 3 is 2.39 bits per heavy atom. The third kappa shape index (κ3) is 3.60. The molecule has 2 aliphatic heterocycles. The number of nitrogens with one attached hydrogen (secondary N) is 1. The number of fused-ring (bicyclic) bond motifs is 1. The number of rotatable bonds is 4. The second kappa shape index (κ2) is 7.64. The molecule has 2 aromatic heterocycles. The molecule has 160 valence electrons. The van der Waals surface area contributed by atoms with Gasteiger partial charge in [-0.15, -0.1) is 0 Å². The fraction of sp³-hybridized carbons (Fsp3) is 0.409. The molecule has 0 bridgehead atoms. The number of aromatic amines is 1. The normalized spacial score (nSPS) is 20.2. The lowest BCUT2D eigenvalue weighted by Gasteiger charge is -2.23. The summed E-state index contributed by atoms with van der Waals surface area (Å²) in [6.07, 6.45) is 1.62. The van der Waals surface area contributed by atoms with E-state index in [4.69, 9.17) is 4.74 Å². The molecule has 1 amide bonds. The van der Waals surface area contributed by atoms with E-state index in [1.54, 1.807) is 13.3 Å². The first-order chi connectivity index (χ1) is 15.0. The van der Waals surface area contributed by atoms with Crippen LogP contribution in [-0.2, 0) is 0 Å². The van der Waals surface area contributed by atoms with Crippen LogP contribution in [0.4, 0.5) is 5.95 Å². The number of likely N-dealkylation sites (tertiary alicyclic amines) is 1. The number of carbonyl (C=O) groups is 1. The van der Waals surface area contributed by atoms with Gasteiger partial charge in [0.2, 0.25) is 5.95 Å². The van der Waals surface area contributed by atoms with Crippen LogP contribution in [0.2, 0.25) is 0 Å². The molecule has 2 aliphatic rings. The summed E-state index contributed by atoms with van der Waals surface area (Å²) in [4.78, 5) is 26.9. The molecule has 0 spiro atoms. The van der Waals surface area contributed by atoms with Gasteiger partial charge in [-0.05, 0) is 38.1 Å². The molecule has 31 heavy (non-hydrogen) atoms. The zero-order chi connectivity index (χ0) is 21.5. The maximum atomic E-state index is 13.4. The van der Waals surface area contributed by atoms with Gasteiger partial charge in [0.15, 0.2) is 0 Å². The molecular weight excluding hydrogens is 394 g/mol. The van der Waals surface area contributed by atoms with Gasteiger partial charge in [0.05, 0.1) is 13.3 Å². The summed E-state index contributed by atoms with van der Waals surface area (Å²) < 4.78 is 5.34. The summed E-state index contributed by atoms with van der Waals surface area (Å²) in [5.74, 6) is 2.33. The van der Waals surface area contributed by atoms with Crippen molar-refractivity contribution in [3.8, 4) is 17.0 Å². The highest BCUT2D eigenvalue weighted by Crippen LogP contribution is 2.35. The zero-order valence-electron chi connectivity index (χ0n) is 17.9. The third-order valence-electron chi connectivity index (χ3n) is 6.17. The highest BCUT2D eigenvalue weighted by molar-refractivity contribution is 6.01. The van der Waals surface area contributed by atoms with Crippen LogP contribution in [-0.4, -0.2) is 69.5 Å². The Labute approximate surface area is 180 Å². The van der Waals surface area contributed by atoms with Gasteiger partial charge in [0, 0.05) is 60.5 Å². The second-order valence-corrected chi connectivity index (χ2v) is 8.35. The number of H-pyrrole nitrogens is 1. The lowest BCUT2D eigenvalue weighted by atomic mass is 10.0. The van der Waals surface area contributed by atoms with Gasteiger partial charge >= 0.3 is 0 Å². The van der Waals surface area contributed by atoms with Crippen molar-refractivity contribution in [1.82, 2.24) is 30.3 Å². The van der Waals surface area contributed by atoms with Crippen LogP contribution in [0, 0.1) is 25.7 Å². The number of carbonyl (C=O) groups excluding carboxylic acids is 1. The first-order valence-electron chi connectivity index (χ1n) is 10.4. The van der Waals surface area contributed by atoms with Gasteiger partial charge in [-0.2, -0.15) is 15.4 Å². The van der Waals surface area contributed by atoms with Gasteiger partial charge in [-0.1, -0.05) is 0 Å². The lowest BCUT2D eigenvalue weighted by molar-refractivity contribution is 0.0783. The van der Waals surface area contributed by atoms with Crippen molar-refractivity contribution >= 4 is 11.9 Å². The summed E-state index contributed by atoms with van der Waals surface area (Å²) >= 11 is 0. The Balaban J connectivity index is 1.34. The maximum absolute atomic E-state index is 13.4. The first kappa shape index (κ1) is 19.5. The van der Waals surface area contributed by atoms with Crippen molar-refractivity contribution in [2.45, 2.75) is 13.8 Å². The smallest absolute Gasteiger partial charge is 0.254 e. The maximum Gasteiger partial charge on any atom is 0.254 e. The number of aromatic nitrogens is 5. The fourth-order valence-corrected chi connectivity index (χ4v) is 4.72. The van der Waals surface area contributed by atoms with Crippen molar-refractivity contribution < 1.29 is 9.53 Å². The molecule has 2 saturated heterocycles. The van der Waals surface area contributed by atoms with E-state index in [1.807, 2.05) is 43.0 Å². The molecule has 2 unspecified atom stereocenters. The Morgan fingerprint density at radius 1 is 1.06 bits per heavy atom. The average molecular weight is 419 g/mol. The van der Waals surface area contributed by atoms with Gasteiger partial charge < -0.3 is 14.5 Å². The van der Waals surface area contributed by atoms with E-state index in [1.165, 1.54) is 0 Å². The van der Waals surface area contributed by atoms with Crippen LogP contribution < -0.4 is 9.64 Å². The summed E-state index contributed by atoms with van der Waals surface area (Å²) in [5, 5.41) is 10.7.